The number of nitrogens with zero attached hydrogens (tertiary/aromatic N) is 1. The van der Waals surface area contributed by atoms with Gasteiger partial charge in [0.1, 0.15) is 0 Å². The molecule has 0 amide bonds. The standard InChI is InChI=1S/C12H24N2/c1-3-14-6-4-11(5-7-14)12-8-10(2)13-9-12/h10-13H,3-9H2,1-2H3. The Hall–Kier alpha value is -0.0800. The van der Waals surface area contributed by atoms with Crippen molar-refractivity contribution >= 4 is 0 Å². The lowest BCUT2D eigenvalue weighted by Gasteiger charge is -2.34. The van der Waals surface area contributed by atoms with E-state index in [1.807, 2.05) is 0 Å². The maximum atomic E-state index is 3.58. The highest BCUT2D eigenvalue weighted by Crippen LogP contribution is 2.30. The molecule has 2 aliphatic rings. The average molecular weight is 196 g/mol. The summed E-state index contributed by atoms with van der Waals surface area (Å²) in [7, 11) is 0. The highest BCUT2D eigenvalue weighted by atomic mass is 15.1. The summed E-state index contributed by atoms with van der Waals surface area (Å²) in [6.07, 6.45) is 4.29. The molecule has 0 radical (unpaired) electrons. The Morgan fingerprint density at radius 2 is 1.93 bits per heavy atom. The van der Waals surface area contributed by atoms with Crippen LogP contribution in [0.2, 0.25) is 0 Å². The van der Waals surface area contributed by atoms with Crippen molar-refractivity contribution in [2.24, 2.45) is 11.8 Å². The number of hydrogen-bond donors (Lipinski definition) is 1. The summed E-state index contributed by atoms with van der Waals surface area (Å²) >= 11 is 0. The van der Waals surface area contributed by atoms with E-state index in [9.17, 15) is 0 Å². The fraction of sp³-hybridized carbons (Fsp3) is 1.00. The van der Waals surface area contributed by atoms with Gasteiger partial charge in [0, 0.05) is 6.04 Å². The molecule has 0 aromatic carbocycles. The Bertz CT molecular complexity index is 173. The van der Waals surface area contributed by atoms with Crippen molar-refractivity contribution in [3.63, 3.8) is 0 Å². The van der Waals surface area contributed by atoms with Crippen LogP contribution in [0.25, 0.3) is 0 Å². The molecule has 2 heteroatoms. The Kier molecular flexibility index (Phi) is 3.45. The van der Waals surface area contributed by atoms with Crippen LogP contribution in [0.15, 0.2) is 0 Å². The molecule has 82 valence electrons. The van der Waals surface area contributed by atoms with Crippen molar-refractivity contribution in [3.05, 3.63) is 0 Å². The zero-order valence-corrected chi connectivity index (χ0v) is 9.63. The predicted molar refractivity (Wildman–Crippen MR) is 60.4 cm³/mol. The maximum absolute atomic E-state index is 3.58. The smallest absolute Gasteiger partial charge is 0.00420 e. The van der Waals surface area contributed by atoms with E-state index in [1.54, 1.807) is 0 Å². The maximum Gasteiger partial charge on any atom is 0.00420 e. The molecule has 2 unspecified atom stereocenters. The van der Waals surface area contributed by atoms with Crippen LogP contribution in [-0.2, 0) is 0 Å². The SMILES string of the molecule is CCN1CCC(C2CNC(C)C2)CC1. The lowest BCUT2D eigenvalue weighted by molar-refractivity contribution is 0.157. The van der Waals surface area contributed by atoms with Gasteiger partial charge in [-0.2, -0.15) is 0 Å². The Morgan fingerprint density at radius 1 is 1.21 bits per heavy atom. The van der Waals surface area contributed by atoms with Gasteiger partial charge in [-0.25, -0.2) is 0 Å². The molecule has 0 aromatic rings. The van der Waals surface area contributed by atoms with Crippen LogP contribution in [0.4, 0.5) is 0 Å². The summed E-state index contributed by atoms with van der Waals surface area (Å²) in [5.41, 5.74) is 0. The minimum atomic E-state index is 0.768. The molecule has 0 spiro atoms. The van der Waals surface area contributed by atoms with E-state index < -0.39 is 0 Å². The van der Waals surface area contributed by atoms with Crippen molar-refractivity contribution < 1.29 is 0 Å². The third kappa shape index (κ3) is 2.29. The van der Waals surface area contributed by atoms with Gasteiger partial charge in [-0.1, -0.05) is 6.92 Å². The number of likely N-dealkylation sites (tertiary alicyclic amines) is 1. The van der Waals surface area contributed by atoms with Gasteiger partial charge < -0.3 is 10.2 Å². The molecule has 0 bridgehead atoms. The predicted octanol–water partition coefficient (Wildman–Crippen LogP) is 1.72. The molecule has 2 fully saturated rings. The van der Waals surface area contributed by atoms with Gasteiger partial charge in [0.2, 0.25) is 0 Å². The van der Waals surface area contributed by atoms with Crippen molar-refractivity contribution in [1.82, 2.24) is 10.2 Å². The number of nitrogens with one attached hydrogen (secondary N) is 1. The lowest BCUT2D eigenvalue weighted by Crippen LogP contribution is -2.36. The van der Waals surface area contributed by atoms with Crippen LogP contribution in [0.1, 0.15) is 33.1 Å². The molecular weight excluding hydrogens is 172 g/mol. The summed E-state index contributed by atoms with van der Waals surface area (Å²) in [5, 5.41) is 3.58. The topological polar surface area (TPSA) is 15.3 Å². The first-order valence-electron chi connectivity index (χ1n) is 6.25. The summed E-state index contributed by atoms with van der Waals surface area (Å²) < 4.78 is 0. The molecule has 14 heavy (non-hydrogen) atoms. The second-order valence-corrected chi connectivity index (χ2v) is 5.08. The molecule has 2 nitrogen and oxygen atoms in total. The number of rotatable bonds is 2. The molecular formula is C12H24N2. The molecule has 2 heterocycles. The van der Waals surface area contributed by atoms with Crippen LogP contribution in [0, 0.1) is 11.8 Å². The Balaban J connectivity index is 1.78. The van der Waals surface area contributed by atoms with Gasteiger partial charge in [0.05, 0.1) is 0 Å². The van der Waals surface area contributed by atoms with E-state index in [-0.39, 0.29) is 0 Å². The van der Waals surface area contributed by atoms with Crippen molar-refractivity contribution in [3.8, 4) is 0 Å². The van der Waals surface area contributed by atoms with E-state index in [4.69, 9.17) is 0 Å². The van der Waals surface area contributed by atoms with Crippen LogP contribution in [0.5, 0.6) is 0 Å². The zero-order chi connectivity index (χ0) is 9.97. The highest BCUT2D eigenvalue weighted by Gasteiger charge is 2.30. The zero-order valence-electron chi connectivity index (χ0n) is 9.63. The largest absolute Gasteiger partial charge is 0.314 e. The second kappa shape index (κ2) is 4.63. The average Bonchev–Trinajstić information content (AvgIpc) is 2.65. The summed E-state index contributed by atoms with van der Waals surface area (Å²) in [4.78, 5) is 2.59. The van der Waals surface area contributed by atoms with Gasteiger partial charge in [-0.05, 0) is 64.2 Å². The molecule has 0 aromatic heterocycles. The van der Waals surface area contributed by atoms with Crippen molar-refractivity contribution in [2.75, 3.05) is 26.2 Å². The fourth-order valence-corrected chi connectivity index (χ4v) is 3.07. The molecule has 2 atom stereocenters. The van der Waals surface area contributed by atoms with Crippen molar-refractivity contribution in [1.29, 1.82) is 0 Å². The summed E-state index contributed by atoms with van der Waals surface area (Å²) in [6.45, 7) is 9.79. The monoisotopic (exact) mass is 196 g/mol. The second-order valence-electron chi connectivity index (χ2n) is 5.08. The van der Waals surface area contributed by atoms with Crippen molar-refractivity contribution in [2.45, 2.75) is 39.2 Å². The van der Waals surface area contributed by atoms with Crippen LogP contribution < -0.4 is 5.32 Å². The van der Waals surface area contributed by atoms with Gasteiger partial charge in [0.25, 0.3) is 0 Å². The molecule has 2 aliphatic heterocycles. The van der Waals surface area contributed by atoms with E-state index in [0.29, 0.717) is 0 Å². The lowest BCUT2D eigenvalue weighted by atomic mass is 9.83. The van der Waals surface area contributed by atoms with Gasteiger partial charge in [0.15, 0.2) is 0 Å². The van der Waals surface area contributed by atoms with E-state index in [0.717, 1.165) is 17.9 Å². The van der Waals surface area contributed by atoms with Crippen LogP contribution in [-0.4, -0.2) is 37.1 Å². The Labute approximate surface area is 88.1 Å². The minimum Gasteiger partial charge on any atom is -0.314 e. The van der Waals surface area contributed by atoms with Crippen LogP contribution in [0.3, 0.4) is 0 Å². The van der Waals surface area contributed by atoms with Gasteiger partial charge in [-0.15, -0.1) is 0 Å². The van der Waals surface area contributed by atoms with E-state index in [2.05, 4.69) is 24.1 Å². The molecule has 1 N–H and O–H groups in total. The first-order valence-corrected chi connectivity index (χ1v) is 6.25. The number of hydrogen-bond acceptors (Lipinski definition) is 2. The summed E-state index contributed by atoms with van der Waals surface area (Å²) in [5.74, 6) is 1.99. The molecule has 2 saturated heterocycles. The molecule has 0 saturated carbocycles. The normalized spacial score (nSPS) is 36.4. The first-order chi connectivity index (χ1) is 6.79. The highest BCUT2D eigenvalue weighted by molar-refractivity contribution is 4.85. The Morgan fingerprint density at radius 3 is 2.43 bits per heavy atom. The van der Waals surface area contributed by atoms with E-state index in [1.165, 1.54) is 45.4 Å². The van der Waals surface area contributed by atoms with Gasteiger partial charge in [-0.3, -0.25) is 0 Å². The van der Waals surface area contributed by atoms with Crippen LogP contribution >= 0.6 is 0 Å². The van der Waals surface area contributed by atoms with Gasteiger partial charge >= 0.3 is 0 Å². The van der Waals surface area contributed by atoms with E-state index >= 15 is 0 Å². The third-order valence-corrected chi connectivity index (χ3v) is 4.13. The fourth-order valence-electron chi connectivity index (χ4n) is 3.07. The first kappa shape index (κ1) is 10.4. The molecule has 2 rings (SSSR count). The number of piperidine rings is 1. The third-order valence-electron chi connectivity index (χ3n) is 4.13. The quantitative estimate of drug-likeness (QED) is 0.723. The summed E-state index contributed by atoms with van der Waals surface area (Å²) in [6, 6.07) is 0.768. The molecule has 0 aliphatic carbocycles. The minimum absolute atomic E-state index is 0.768.